The second-order valence-electron chi connectivity index (χ2n) is 8.78. The number of nitrogens with zero attached hydrogens (tertiary/aromatic N) is 3. The normalized spacial score (nSPS) is 17.1. The quantitative estimate of drug-likeness (QED) is 0.502. The van der Waals surface area contributed by atoms with Crippen molar-refractivity contribution in [3.8, 4) is 0 Å². The molecule has 2 heterocycles. The number of carbonyl (C=O) groups excluding carboxylic acids is 3. The third-order valence-electron chi connectivity index (χ3n) is 6.15. The van der Waals surface area contributed by atoms with Crippen molar-refractivity contribution in [1.29, 1.82) is 0 Å². The van der Waals surface area contributed by atoms with Crippen LogP contribution in [0.15, 0.2) is 60.9 Å². The SMILES string of the molecule is CCCN1C(=O)c2c(C(=O)NCc3cccc(Cl)c3)ncn2C[C@]1(C)C(=O)NCc1ccccc1. The highest BCUT2D eigenvalue weighted by atomic mass is 35.5. The number of hydrogen-bond donors (Lipinski definition) is 2. The number of nitrogens with one attached hydrogen (secondary N) is 2. The van der Waals surface area contributed by atoms with Gasteiger partial charge in [-0.25, -0.2) is 4.98 Å². The lowest BCUT2D eigenvalue weighted by molar-refractivity contribution is -0.133. The standard InChI is InChI=1S/C26H28ClN5O3/c1-3-12-32-24(34)22-21(23(33)28-15-19-10-7-11-20(27)13-19)30-17-31(22)16-26(32,2)25(35)29-14-18-8-5-4-6-9-18/h4-11,13,17H,3,12,14-16H2,1-2H3,(H,28,33)(H,29,35)/t26-/m1/s1. The Balaban J connectivity index is 1.54. The molecule has 8 nitrogen and oxygen atoms in total. The van der Waals surface area contributed by atoms with Gasteiger partial charge in [-0.2, -0.15) is 0 Å². The van der Waals surface area contributed by atoms with Crippen molar-refractivity contribution in [3.63, 3.8) is 0 Å². The molecule has 0 fully saturated rings. The summed E-state index contributed by atoms with van der Waals surface area (Å²) in [6, 6.07) is 16.8. The molecule has 0 saturated heterocycles. The minimum atomic E-state index is -1.12. The zero-order valence-electron chi connectivity index (χ0n) is 19.8. The van der Waals surface area contributed by atoms with Crippen LogP contribution in [0.25, 0.3) is 0 Å². The van der Waals surface area contributed by atoms with Crippen molar-refractivity contribution in [2.24, 2.45) is 0 Å². The molecule has 1 aromatic heterocycles. The summed E-state index contributed by atoms with van der Waals surface area (Å²) in [5.74, 6) is -1.10. The minimum Gasteiger partial charge on any atom is -0.350 e. The molecule has 0 saturated carbocycles. The zero-order valence-corrected chi connectivity index (χ0v) is 20.5. The largest absolute Gasteiger partial charge is 0.350 e. The summed E-state index contributed by atoms with van der Waals surface area (Å²) in [6.07, 6.45) is 2.12. The monoisotopic (exact) mass is 493 g/mol. The van der Waals surface area contributed by atoms with Crippen LogP contribution in [0.3, 0.4) is 0 Å². The van der Waals surface area contributed by atoms with Gasteiger partial charge >= 0.3 is 0 Å². The van der Waals surface area contributed by atoms with Gasteiger partial charge in [-0.15, -0.1) is 0 Å². The Labute approximate surface area is 209 Å². The van der Waals surface area contributed by atoms with Gasteiger partial charge in [-0.3, -0.25) is 14.4 Å². The van der Waals surface area contributed by atoms with Gasteiger partial charge in [0.25, 0.3) is 11.8 Å². The van der Waals surface area contributed by atoms with E-state index in [2.05, 4.69) is 15.6 Å². The number of rotatable bonds is 8. The van der Waals surface area contributed by atoms with E-state index in [0.717, 1.165) is 11.1 Å². The van der Waals surface area contributed by atoms with Crippen molar-refractivity contribution < 1.29 is 14.4 Å². The van der Waals surface area contributed by atoms with Crippen molar-refractivity contribution in [3.05, 3.63) is 88.5 Å². The highest BCUT2D eigenvalue weighted by Crippen LogP contribution is 2.29. The molecular formula is C26H28ClN5O3. The third kappa shape index (κ3) is 5.07. The molecule has 182 valence electrons. The van der Waals surface area contributed by atoms with Gasteiger partial charge in [0.05, 0.1) is 12.9 Å². The molecule has 0 spiro atoms. The Kier molecular flexibility index (Phi) is 7.21. The maximum Gasteiger partial charge on any atom is 0.273 e. The average Bonchev–Trinajstić information content (AvgIpc) is 3.28. The Bertz CT molecular complexity index is 1240. The van der Waals surface area contributed by atoms with Crippen LogP contribution < -0.4 is 10.6 Å². The van der Waals surface area contributed by atoms with Gasteiger partial charge in [0.1, 0.15) is 11.2 Å². The van der Waals surface area contributed by atoms with Crippen LogP contribution in [0.1, 0.15) is 52.4 Å². The first kappa shape index (κ1) is 24.5. The summed E-state index contributed by atoms with van der Waals surface area (Å²) in [6.45, 7) is 4.88. The predicted molar refractivity (Wildman–Crippen MR) is 133 cm³/mol. The van der Waals surface area contributed by atoms with Crippen LogP contribution in [0.4, 0.5) is 0 Å². The van der Waals surface area contributed by atoms with Crippen LogP contribution >= 0.6 is 11.6 Å². The highest BCUT2D eigenvalue weighted by Gasteiger charge is 2.48. The molecule has 1 atom stereocenters. The number of carbonyl (C=O) groups is 3. The maximum absolute atomic E-state index is 13.6. The molecule has 35 heavy (non-hydrogen) atoms. The molecule has 1 aliphatic heterocycles. The van der Waals surface area contributed by atoms with Gasteiger partial charge < -0.3 is 20.1 Å². The lowest BCUT2D eigenvalue weighted by atomic mass is 9.94. The van der Waals surface area contributed by atoms with Crippen LogP contribution in [0, 0.1) is 0 Å². The van der Waals surface area contributed by atoms with Crippen LogP contribution in [0.2, 0.25) is 5.02 Å². The Morgan fingerprint density at radius 1 is 1.06 bits per heavy atom. The second-order valence-corrected chi connectivity index (χ2v) is 9.22. The van der Waals surface area contributed by atoms with Crippen LogP contribution in [0.5, 0.6) is 0 Å². The molecule has 0 aliphatic carbocycles. The second kappa shape index (κ2) is 10.3. The summed E-state index contributed by atoms with van der Waals surface area (Å²) in [5, 5.41) is 6.34. The first-order chi connectivity index (χ1) is 16.8. The van der Waals surface area contributed by atoms with Crippen molar-refractivity contribution >= 4 is 29.3 Å². The fraction of sp³-hybridized carbons (Fsp3) is 0.308. The number of benzene rings is 2. The smallest absolute Gasteiger partial charge is 0.273 e. The maximum atomic E-state index is 13.6. The fourth-order valence-corrected chi connectivity index (χ4v) is 4.52. The highest BCUT2D eigenvalue weighted by molar-refractivity contribution is 6.30. The fourth-order valence-electron chi connectivity index (χ4n) is 4.31. The van der Waals surface area contributed by atoms with E-state index in [9.17, 15) is 14.4 Å². The predicted octanol–water partition coefficient (Wildman–Crippen LogP) is 3.41. The number of hydrogen-bond acceptors (Lipinski definition) is 4. The van der Waals surface area contributed by atoms with Crippen LogP contribution in [-0.2, 0) is 24.4 Å². The van der Waals surface area contributed by atoms with Gasteiger partial charge in [-0.05, 0) is 36.6 Å². The van der Waals surface area contributed by atoms with E-state index in [1.807, 2.05) is 43.3 Å². The molecule has 3 aromatic rings. The van der Waals surface area contributed by atoms with E-state index in [-0.39, 0.29) is 36.3 Å². The third-order valence-corrected chi connectivity index (χ3v) is 6.38. The first-order valence-corrected chi connectivity index (χ1v) is 11.9. The van der Waals surface area contributed by atoms with Crippen molar-refractivity contribution in [2.75, 3.05) is 6.54 Å². The summed E-state index contributed by atoms with van der Waals surface area (Å²) in [4.78, 5) is 45.6. The van der Waals surface area contributed by atoms with Crippen molar-refractivity contribution in [2.45, 2.75) is 45.4 Å². The molecule has 0 bridgehead atoms. The van der Waals surface area contributed by atoms with E-state index in [1.165, 1.54) is 6.33 Å². The Morgan fingerprint density at radius 3 is 2.49 bits per heavy atom. The zero-order chi connectivity index (χ0) is 25.0. The van der Waals surface area contributed by atoms with E-state index >= 15 is 0 Å². The topological polar surface area (TPSA) is 96.3 Å². The van der Waals surface area contributed by atoms with E-state index in [0.29, 0.717) is 24.5 Å². The molecule has 9 heteroatoms. The summed E-state index contributed by atoms with van der Waals surface area (Å²) in [7, 11) is 0. The van der Waals surface area contributed by atoms with Gasteiger partial charge in [0.15, 0.2) is 5.69 Å². The first-order valence-electron chi connectivity index (χ1n) is 11.6. The number of halogens is 1. The molecule has 4 rings (SSSR count). The Hall–Kier alpha value is -3.65. The molecule has 0 unspecified atom stereocenters. The number of amides is 3. The molecule has 2 aromatic carbocycles. The lowest BCUT2D eigenvalue weighted by Crippen LogP contribution is -2.64. The summed E-state index contributed by atoms with van der Waals surface area (Å²) >= 11 is 6.02. The molecular weight excluding hydrogens is 466 g/mol. The van der Waals surface area contributed by atoms with Gasteiger partial charge in [0, 0.05) is 24.7 Å². The van der Waals surface area contributed by atoms with Crippen LogP contribution in [-0.4, -0.2) is 44.3 Å². The average molecular weight is 494 g/mol. The lowest BCUT2D eigenvalue weighted by Gasteiger charge is -2.43. The molecule has 0 radical (unpaired) electrons. The number of imidazole rings is 1. The van der Waals surface area contributed by atoms with Gasteiger partial charge in [0.2, 0.25) is 5.91 Å². The molecule has 3 amide bonds. The Morgan fingerprint density at radius 2 is 1.77 bits per heavy atom. The van der Waals surface area contributed by atoms with E-state index < -0.39 is 11.4 Å². The number of fused-ring (bicyclic) bond motifs is 1. The minimum absolute atomic E-state index is 0.0462. The summed E-state index contributed by atoms with van der Waals surface area (Å²) < 4.78 is 1.60. The van der Waals surface area contributed by atoms with Gasteiger partial charge in [-0.1, -0.05) is 61.0 Å². The molecule has 2 N–H and O–H groups in total. The number of aromatic nitrogens is 2. The molecule has 1 aliphatic rings. The van der Waals surface area contributed by atoms with Crippen molar-refractivity contribution in [1.82, 2.24) is 25.1 Å². The van der Waals surface area contributed by atoms with E-state index in [1.54, 1.807) is 34.6 Å². The summed E-state index contributed by atoms with van der Waals surface area (Å²) in [5.41, 5.74) is 0.917. The van der Waals surface area contributed by atoms with E-state index in [4.69, 9.17) is 11.6 Å².